The highest BCUT2D eigenvalue weighted by Crippen LogP contribution is 2.40. The summed E-state index contributed by atoms with van der Waals surface area (Å²) < 4.78 is 5.51. The van der Waals surface area contributed by atoms with Gasteiger partial charge < -0.3 is 15.2 Å². The minimum absolute atomic E-state index is 0.0421. The fourth-order valence-electron chi connectivity index (χ4n) is 3.24. The fourth-order valence-corrected chi connectivity index (χ4v) is 3.24. The van der Waals surface area contributed by atoms with Gasteiger partial charge in [0.15, 0.2) is 0 Å². The summed E-state index contributed by atoms with van der Waals surface area (Å²) in [6.07, 6.45) is 3.02. The monoisotopic (exact) mass is 342 g/mol. The Morgan fingerprint density at radius 3 is 2.72 bits per heavy atom. The van der Waals surface area contributed by atoms with Crippen LogP contribution in [0.15, 0.2) is 10.6 Å². The molecule has 2 fully saturated rings. The quantitative estimate of drug-likeness (QED) is 0.873. The number of nitrogens with zero attached hydrogens (tertiary/aromatic N) is 2. The second kappa shape index (κ2) is 6.09. The van der Waals surface area contributed by atoms with Gasteiger partial charge in [-0.2, -0.15) is 0 Å². The van der Waals surface area contributed by atoms with Crippen LogP contribution in [0.4, 0.5) is 0 Å². The molecule has 0 bridgehead atoms. The molecule has 3 heterocycles. The lowest BCUT2D eigenvalue weighted by Crippen LogP contribution is -2.48. The predicted octanol–water partition coefficient (Wildman–Crippen LogP) is 2.64. The molecule has 4 rings (SSSR count). The van der Waals surface area contributed by atoms with Crippen LogP contribution in [0.1, 0.15) is 61.3 Å². The molecule has 0 aromatic carbocycles. The van der Waals surface area contributed by atoms with Crippen LogP contribution >= 0.6 is 0 Å². The van der Waals surface area contributed by atoms with Crippen molar-refractivity contribution >= 4 is 17.0 Å². The molecule has 1 saturated heterocycles. The summed E-state index contributed by atoms with van der Waals surface area (Å²) in [6.45, 7) is 9.12. The third-order valence-electron chi connectivity index (χ3n) is 4.89. The zero-order valence-electron chi connectivity index (χ0n) is 15.2. The highest BCUT2D eigenvalue weighted by molar-refractivity contribution is 6.06. The van der Waals surface area contributed by atoms with Crippen molar-refractivity contribution in [1.82, 2.24) is 20.8 Å². The summed E-state index contributed by atoms with van der Waals surface area (Å²) in [5.41, 5.74) is 3.01. The van der Waals surface area contributed by atoms with Crippen LogP contribution in [-0.4, -0.2) is 35.7 Å². The van der Waals surface area contributed by atoms with Crippen molar-refractivity contribution < 1.29 is 9.32 Å². The summed E-state index contributed by atoms with van der Waals surface area (Å²) in [5.74, 6) is 0.947. The molecule has 1 saturated carbocycles. The number of rotatable bonds is 5. The molecule has 6 heteroatoms. The molecular weight excluding hydrogens is 316 g/mol. The molecule has 0 unspecified atom stereocenters. The Morgan fingerprint density at radius 1 is 1.36 bits per heavy atom. The third-order valence-corrected chi connectivity index (χ3v) is 4.89. The Bertz CT molecular complexity index is 798. The number of nitrogens with one attached hydrogen (secondary N) is 2. The number of carbonyl (C=O) groups excluding carboxylic acids is 1. The van der Waals surface area contributed by atoms with E-state index in [-0.39, 0.29) is 11.3 Å². The highest BCUT2D eigenvalue weighted by atomic mass is 16.5. The second-order valence-corrected chi connectivity index (χ2v) is 8.65. The van der Waals surface area contributed by atoms with E-state index in [1.807, 2.05) is 6.07 Å². The number of hydrogen-bond acceptors (Lipinski definition) is 5. The average Bonchev–Trinajstić information content (AvgIpc) is 3.27. The van der Waals surface area contributed by atoms with Gasteiger partial charge in [0.05, 0.1) is 16.6 Å². The van der Waals surface area contributed by atoms with E-state index >= 15 is 0 Å². The van der Waals surface area contributed by atoms with Gasteiger partial charge in [-0.05, 0) is 30.7 Å². The van der Waals surface area contributed by atoms with Gasteiger partial charge in [0.2, 0.25) is 0 Å². The minimum Gasteiger partial charge on any atom is -0.352 e. The van der Waals surface area contributed by atoms with E-state index in [1.54, 1.807) is 0 Å². The lowest BCUT2D eigenvalue weighted by atomic mass is 9.89. The van der Waals surface area contributed by atoms with Crippen molar-refractivity contribution in [3.63, 3.8) is 0 Å². The molecule has 2 aromatic rings. The van der Waals surface area contributed by atoms with Crippen molar-refractivity contribution in [2.45, 2.75) is 46.0 Å². The fraction of sp³-hybridized carbons (Fsp3) is 0.632. The number of pyridine rings is 1. The maximum atomic E-state index is 12.9. The van der Waals surface area contributed by atoms with E-state index in [2.05, 4.69) is 41.5 Å². The molecular formula is C19H26N4O2. The van der Waals surface area contributed by atoms with E-state index in [9.17, 15) is 4.79 Å². The zero-order chi connectivity index (χ0) is 17.6. The number of amides is 1. The van der Waals surface area contributed by atoms with Gasteiger partial charge in [-0.25, -0.2) is 4.98 Å². The molecule has 0 atom stereocenters. The van der Waals surface area contributed by atoms with Crippen molar-refractivity contribution in [2.24, 2.45) is 11.3 Å². The molecule has 2 N–H and O–H groups in total. The second-order valence-electron chi connectivity index (χ2n) is 8.65. The molecule has 0 spiro atoms. The zero-order valence-corrected chi connectivity index (χ0v) is 15.2. The Morgan fingerprint density at radius 2 is 2.12 bits per heavy atom. The number of fused-ring (bicyclic) bond motifs is 1. The molecule has 1 amide bonds. The summed E-state index contributed by atoms with van der Waals surface area (Å²) in [6, 6.07) is 1.96. The van der Waals surface area contributed by atoms with Crippen LogP contribution in [0, 0.1) is 11.3 Å². The van der Waals surface area contributed by atoms with E-state index in [0.717, 1.165) is 49.1 Å². The summed E-state index contributed by atoms with van der Waals surface area (Å²) in [7, 11) is 0. The first-order valence-electron chi connectivity index (χ1n) is 9.19. The summed E-state index contributed by atoms with van der Waals surface area (Å²) in [5, 5.41) is 11.3. The molecule has 2 aliphatic rings. The first kappa shape index (κ1) is 16.5. The van der Waals surface area contributed by atoms with Crippen LogP contribution in [0.5, 0.6) is 0 Å². The van der Waals surface area contributed by atoms with Crippen molar-refractivity contribution in [3.8, 4) is 0 Å². The Balaban J connectivity index is 1.69. The molecule has 0 radical (unpaired) electrons. The molecule has 2 aromatic heterocycles. The van der Waals surface area contributed by atoms with Gasteiger partial charge >= 0.3 is 0 Å². The van der Waals surface area contributed by atoms with Gasteiger partial charge in [0, 0.05) is 37.2 Å². The Hall–Kier alpha value is -1.95. The third kappa shape index (κ3) is 3.54. The maximum absolute atomic E-state index is 12.9. The first-order valence-corrected chi connectivity index (χ1v) is 9.19. The average molecular weight is 342 g/mol. The van der Waals surface area contributed by atoms with E-state index in [4.69, 9.17) is 4.52 Å². The van der Waals surface area contributed by atoms with E-state index in [0.29, 0.717) is 29.7 Å². The lowest BCUT2D eigenvalue weighted by Gasteiger charge is -2.27. The van der Waals surface area contributed by atoms with Crippen LogP contribution in [0.25, 0.3) is 11.1 Å². The molecule has 1 aliphatic carbocycles. The van der Waals surface area contributed by atoms with E-state index in [1.165, 1.54) is 0 Å². The van der Waals surface area contributed by atoms with E-state index < -0.39 is 0 Å². The molecule has 6 nitrogen and oxygen atoms in total. The Kier molecular flexibility index (Phi) is 4.02. The SMILES string of the molecule is CC(C)(C)Cc1noc2nc(C3CC3)cc(C(=O)NCC3CNC3)c12. The molecule has 1 aliphatic heterocycles. The van der Waals surface area contributed by atoms with Crippen molar-refractivity contribution in [1.29, 1.82) is 0 Å². The minimum atomic E-state index is -0.0421. The predicted molar refractivity (Wildman–Crippen MR) is 95.6 cm³/mol. The molecule has 25 heavy (non-hydrogen) atoms. The molecule has 134 valence electrons. The van der Waals surface area contributed by atoms with Crippen LogP contribution in [0.3, 0.4) is 0 Å². The summed E-state index contributed by atoms with van der Waals surface area (Å²) >= 11 is 0. The topological polar surface area (TPSA) is 80.0 Å². The first-order chi connectivity index (χ1) is 11.9. The van der Waals surface area contributed by atoms with Gasteiger partial charge in [-0.15, -0.1) is 0 Å². The number of hydrogen-bond donors (Lipinski definition) is 2. The number of carbonyl (C=O) groups is 1. The van der Waals surface area contributed by atoms with Crippen LogP contribution < -0.4 is 10.6 Å². The normalized spacial score (nSPS) is 18.4. The smallest absolute Gasteiger partial charge is 0.259 e. The lowest BCUT2D eigenvalue weighted by molar-refractivity contribution is 0.0943. The summed E-state index contributed by atoms with van der Waals surface area (Å²) in [4.78, 5) is 17.5. The van der Waals surface area contributed by atoms with Gasteiger partial charge in [-0.1, -0.05) is 25.9 Å². The largest absolute Gasteiger partial charge is 0.352 e. The van der Waals surface area contributed by atoms with Crippen molar-refractivity contribution in [3.05, 3.63) is 23.0 Å². The Labute approximate surface area is 147 Å². The number of aromatic nitrogens is 2. The highest BCUT2D eigenvalue weighted by Gasteiger charge is 2.30. The van der Waals surface area contributed by atoms with Gasteiger partial charge in [-0.3, -0.25) is 4.79 Å². The van der Waals surface area contributed by atoms with Crippen LogP contribution in [-0.2, 0) is 6.42 Å². The standard InChI is InChI=1S/C19H26N4O2/c1-19(2,3)7-15-16-13(17(24)21-10-11-8-20-9-11)6-14(12-4-5-12)22-18(16)25-23-15/h6,11-12,20H,4-5,7-10H2,1-3H3,(H,21,24). The maximum Gasteiger partial charge on any atom is 0.259 e. The van der Waals surface area contributed by atoms with Gasteiger partial charge in [0.25, 0.3) is 11.6 Å². The van der Waals surface area contributed by atoms with Crippen molar-refractivity contribution in [2.75, 3.05) is 19.6 Å². The van der Waals surface area contributed by atoms with Gasteiger partial charge in [0.1, 0.15) is 0 Å². The van der Waals surface area contributed by atoms with Crippen LogP contribution in [0.2, 0.25) is 0 Å².